The van der Waals surface area contributed by atoms with Crippen LogP contribution in [0.4, 0.5) is 15.8 Å². The fourth-order valence-electron chi connectivity index (χ4n) is 1.64. The number of nitrogen functional groups attached to an aromatic ring is 1. The molecule has 0 spiro atoms. The molecule has 0 unspecified atom stereocenters. The SMILES string of the molecule is Nc1cccc(/C=C/C(=O)Nc2cc(F)cc(Cl)c2)c1. The minimum absolute atomic E-state index is 0.222. The van der Waals surface area contributed by atoms with Gasteiger partial charge >= 0.3 is 0 Å². The van der Waals surface area contributed by atoms with Crippen molar-refractivity contribution in [3.05, 3.63) is 64.9 Å². The monoisotopic (exact) mass is 290 g/mol. The fourth-order valence-corrected chi connectivity index (χ4v) is 1.87. The summed E-state index contributed by atoms with van der Waals surface area (Å²) < 4.78 is 13.1. The van der Waals surface area contributed by atoms with Crippen molar-refractivity contribution in [3.63, 3.8) is 0 Å². The van der Waals surface area contributed by atoms with Gasteiger partial charge in [-0.15, -0.1) is 0 Å². The summed E-state index contributed by atoms with van der Waals surface area (Å²) in [4.78, 5) is 11.7. The zero-order valence-corrected chi connectivity index (χ0v) is 11.2. The van der Waals surface area contributed by atoms with Crippen LogP contribution in [-0.4, -0.2) is 5.91 Å². The van der Waals surface area contributed by atoms with E-state index in [0.717, 1.165) is 5.56 Å². The standard InChI is InChI=1S/C15H12ClFN2O/c16-11-7-12(17)9-14(8-11)19-15(20)5-4-10-2-1-3-13(18)6-10/h1-9H,18H2,(H,19,20)/b5-4+. The summed E-state index contributed by atoms with van der Waals surface area (Å²) in [5, 5.41) is 2.75. The van der Waals surface area contributed by atoms with Crippen molar-refractivity contribution < 1.29 is 9.18 Å². The van der Waals surface area contributed by atoms with Crippen molar-refractivity contribution in [2.24, 2.45) is 0 Å². The Morgan fingerprint density at radius 3 is 2.75 bits per heavy atom. The lowest BCUT2D eigenvalue weighted by Gasteiger charge is -2.03. The summed E-state index contributed by atoms with van der Waals surface area (Å²) in [6, 6.07) is 10.9. The van der Waals surface area contributed by atoms with E-state index in [1.54, 1.807) is 24.3 Å². The molecule has 3 N–H and O–H groups in total. The number of halogens is 2. The molecule has 1 amide bonds. The quantitative estimate of drug-likeness (QED) is 0.669. The predicted molar refractivity (Wildman–Crippen MR) is 79.9 cm³/mol. The van der Waals surface area contributed by atoms with E-state index < -0.39 is 5.82 Å². The van der Waals surface area contributed by atoms with Gasteiger partial charge in [-0.3, -0.25) is 4.79 Å². The van der Waals surface area contributed by atoms with Crippen LogP contribution in [0.5, 0.6) is 0 Å². The van der Waals surface area contributed by atoms with E-state index in [1.165, 1.54) is 24.3 Å². The summed E-state index contributed by atoms with van der Waals surface area (Å²) >= 11 is 5.70. The first-order chi connectivity index (χ1) is 9.52. The summed E-state index contributed by atoms with van der Waals surface area (Å²) in [5.74, 6) is -0.887. The van der Waals surface area contributed by atoms with Crippen LogP contribution >= 0.6 is 11.6 Å². The largest absolute Gasteiger partial charge is 0.399 e. The second-order valence-corrected chi connectivity index (χ2v) is 4.59. The minimum atomic E-state index is -0.507. The van der Waals surface area contributed by atoms with Gasteiger partial charge in [-0.1, -0.05) is 23.7 Å². The summed E-state index contributed by atoms with van der Waals surface area (Å²) in [5.41, 5.74) is 7.35. The van der Waals surface area contributed by atoms with Crippen molar-refractivity contribution in [1.82, 2.24) is 0 Å². The van der Waals surface area contributed by atoms with Gasteiger partial charge in [0, 0.05) is 22.5 Å². The first kappa shape index (κ1) is 14.1. The Labute approximate surface area is 120 Å². The number of nitrogens with two attached hydrogens (primary N) is 1. The third-order valence-corrected chi connectivity index (χ3v) is 2.69. The fraction of sp³-hybridized carbons (Fsp3) is 0. The number of benzene rings is 2. The van der Waals surface area contributed by atoms with Crippen LogP contribution in [0, 0.1) is 5.82 Å². The zero-order valence-electron chi connectivity index (χ0n) is 10.4. The van der Waals surface area contributed by atoms with Gasteiger partial charge in [-0.25, -0.2) is 4.39 Å². The molecule has 2 aromatic rings. The Kier molecular flexibility index (Phi) is 4.38. The van der Waals surface area contributed by atoms with Gasteiger partial charge in [0.25, 0.3) is 0 Å². The number of anilines is 2. The van der Waals surface area contributed by atoms with Crippen molar-refractivity contribution in [1.29, 1.82) is 0 Å². The molecule has 2 aromatic carbocycles. The molecule has 0 aliphatic rings. The molecule has 20 heavy (non-hydrogen) atoms. The summed E-state index contributed by atoms with van der Waals surface area (Å²) in [6.07, 6.45) is 2.96. The maximum Gasteiger partial charge on any atom is 0.248 e. The van der Waals surface area contributed by atoms with Crippen molar-refractivity contribution >= 4 is 35.0 Å². The van der Waals surface area contributed by atoms with Gasteiger partial charge in [-0.05, 0) is 42.0 Å². The van der Waals surface area contributed by atoms with Crippen LogP contribution in [0.3, 0.4) is 0 Å². The molecule has 102 valence electrons. The Bertz CT molecular complexity index is 650. The van der Waals surface area contributed by atoms with Crippen molar-refractivity contribution in [2.45, 2.75) is 0 Å². The molecule has 0 saturated heterocycles. The zero-order chi connectivity index (χ0) is 14.5. The first-order valence-corrected chi connectivity index (χ1v) is 6.21. The molecule has 0 aromatic heterocycles. The highest BCUT2D eigenvalue weighted by atomic mass is 35.5. The van der Waals surface area contributed by atoms with Crippen LogP contribution in [0.15, 0.2) is 48.5 Å². The predicted octanol–water partition coefficient (Wildman–Crippen LogP) is 3.71. The molecule has 3 nitrogen and oxygen atoms in total. The van der Waals surface area contributed by atoms with E-state index in [4.69, 9.17) is 17.3 Å². The molecule has 0 aliphatic heterocycles. The molecule has 0 heterocycles. The minimum Gasteiger partial charge on any atom is -0.399 e. The van der Waals surface area contributed by atoms with E-state index in [1.807, 2.05) is 6.07 Å². The number of carbonyl (C=O) groups excluding carboxylic acids is 1. The molecule has 0 bridgehead atoms. The van der Waals surface area contributed by atoms with Gasteiger partial charge < -0.3 is 11.1 Å². The highest BCUT2D eigenvalue weighted by Crippen LogP contribution is 2.18. The highest BCUT2D eigenvalue weighted by molar-refractivity contribution is 6.31. The normalized spacial score (nSPS) is 10.7. The molecule has 0 atom stereocenters. The number of amides is 1. The molecular formula is C15H12ClFN2O. The molecule has 2 rings (SSSR count). The average molecular weight is 291 g/mol. The lowest BCUT2D eigenvalue weighted by molar-refractivity contribution is -0.111. The van der Waals surface area contributed by atoms with Crippen LogP contribution in [0.2, 0.25) is 5.02 Å². The topological polar surface area (TPSA) is 55.1 Å². The Morgan fingerprint density at radius 2 is 2.05 bits per heavy atom. The third kappa shape index (κ3) is 4.10. The van der Waals surface area contributed by atoms with Gasteiger partial charge in [0.05, 0.1) is 0 Å². The summed E-state index contributed by atoms with van der Waals surface area (Å²) in [6.45, 7) is 0. The van der Waals surface area contributed by atoms with Crippen molar-refractivity contribution in [3.8, 4) is 0 Å². The van der Waals surface area contributed by atoms with Gasteiger partial charge in [0.1, 0.15) is 5.82 Å². The average Bonchev–Trinajstić information content (AvgIpc) is 2.35. The number of hydrogen-bond donors (Lipinski definition) is 2. The second-order valence-electron chi connectivity index (χ2n) is 4.15. The molecule has 0 radical (unpaired) electrons. The van der Waals surface area contributed by atoms with Crippen LogP contribution in [0.1, 0.15) is 5.56 Å². The van der Waals surface area contributed by atoms with Crippen LogP contribution < -0.4 is 11.1 Å². The maximum atomic E-state index is 13.1. The van der Waals surface area contributed by atoms with E-state index in [-0.39, 0.29) is 10.9 Å². The number of hydrogen-bond acceptors (Lipinski definition) is 2. The second kappa shape index (κ2) is 6.21. The summed E-state index contributed by atoms with van der Waals surface area (Å²) in [7, 11) is 0. The molecule has 5 heteroatoms. The molecule has 0 aliphatic carbocycles. The van der Waals surface area contributed by atoms with Gasteiger partial charge in [0.2, 0.25) is 5.91 Å². The van der Waals surface area contributed by atoms with Gasteiger partial charge in [-0.2, -0.15) is 0 Å². The highest BCUT2D eigenvalue weighted by Gasteiger charge is 2.02. The van der Waals surface area contributed by atoms with E-state index in [2.05, 4.69) is 5.32 Å². The Balaban J connectivity index is 2.05. The Morgan fingerprint density at radius 1 is 1.25 bits per heavy atom. The van der Waals surface area contributed by atoms with Gasteiger partial charge in [0.15, 0.2) is 0 Å². The van der Waals surface area contributed by atoms with Crippen molar-refractivity contribution in [2.75, 3.05) is 11.1 Å². The number of nitrogens with one attached hydrogen (secondary N) is 1. The molecule has 0 saturated carbocycles. The van der Waals surface area contributed by atoms with Crippen LogP contribution in [0.25, 0.3) is 6.08 Å². The first-order valence-electron chi connectivity index (χ1n) is 5.83. The Hall–Kier alpha value is -2.33. The van der Waals surface area contributed by atoms with E-state index in [0.29, 0.717) is 11.4 Å². The number of carbonyl (C=O) groups is 1. The van der Waals surface area contributed by atoms with Crippen LogP contribution in [-0.2, 0) is 4.79 Å². The molecule has 0 fully saturated rings. The molecular weight excluding hydrogens is 279 g/mol. The van der Waals surface area contributed by atoms with E-state index in [9.17, 15) is 9.18 Å². The number of rotatable bonds is 3. The lowest BCUT2D eigenvalue weighted by atomic mass is 10.2. The lowest BCUT2D eigenvalue weighted by Crippen LogP contribution is -2.07. The third-order valence-electron chi connectivity index (χ3n) is 2.47. The maximum absolute atomic E-state index is 13.1. The van der Waals surface area contributed by atoms with E-state index >= 15 is 0 Å². The smallest absolute Gasteiger partial charge is 0.248 e.